The van der Waals surface area contributed by atoms with Gasteiger partial charge in [-0.05, 0) is 32.9 Å². The van der Waals surface area contributed by atoms with Crippen LogP contribution in [0, 0.1) is 0 Å². The van der Waals surface area contributed by atoms with Crippen LogP contribution < -0.4 is 0 Å². The summed E-state index contributed by atoms with van der Waals surface area (Å²) in [6.07, 6.45) is 4.87. The number of nitrogens with zero attached hydrogens (tertiary/aromatic N) is 2. The predicted molar refractivity (Wildman–Crippen MR) is 70.8 cm³/mol. The standard InChI is InChI=1S/C13H26N2O3/c1-14-7-4-3-5-12(14)6-8-15(9-10-18-2)11-13(16)17/h12H,3-11H2,1-2H3,(H,16,17). The number of hydrogen-bond acceptors (Lipinski definition) is 4. The van der Waals surface area contributed by atoms with Gasteiger partial charge in [0.1, 0.15) is 0 Å². The van der Waals surface area contributed by atoms with E-state index < -0.39 is 5.97 Å². The lowest BCUT2D eigenvalue weighted by atomic mass is 10.00. The Morgan fingerprint density at radius 1 is 1.44 bits per heavy atom. The zero-order chi connectivity index (χ0) is 13.4. The molecule has 0 amide bonds. The van der Waals surface area contributed by atoms with Gasteiger partial charge in [0.25, 0.3) is 0 Å². The first-order chi connectivity index (χ1) is 8.63. The van der Waals surface area contributed by atoms with Gasteiger partial charge in [-0.2, -0.15) is 0 Å². The summed E-state index contributed by atoms with van der Waals surface area (Å²) in [5, 5.41) is 8.88. The van der Waals surface area contributed by atoms with Crippen LogP contribution in [-0.2, 0) is 9.53 Å². The maximum absolute atomic E-state index is 10.8. The number of piperidine rings is 1. The average molecular weight is 258 g/mol. The zero-order valence-electron chi connectivity index (χ0n) is 11.6. The monoisotopic (exact) mass is 258 g/mol. The molecule has 0 aromatic carbocycles. The number of methoxy groups -OCH3 is 1. The van der Waals surface area contributed by atoms with E-state index in [1.165, 1.54) is 25.8 Å². The van der Waals surface area contributed by atoms with Crippen molar-refractivity contribution in [2.24, 2.45) is 0 Å². The third-order valence-corrected chi connectivity index (χ3v) is 3.67. The molecule has 0 radical (unpaired) electrons. The molecule has 1 atom stereocenters. The molecule has 1 aliphatic rings. The number of carboxylic acids is 1. The van der Waals surface area contributed by atoms with E-state index in [1.54, 1.807) is 7.11 Å². The quantitative estimate of drug-likeness (QED) is 0.701. The third-order valence-electron chi connectivity index (χ3n) is 3.67. The van der Waals surface area contributed by atoms with Crippen molar-refractivity contribution in [2.75, 3.05) is 46.9 Å². The predicted octanol–water partition coefficient (Wildman–Crippen LogP) is 0.894. The lowest BCUT2D eigenvalue weighted by Gasteiger charge is -2.33. The van der Waals surface area contributed by atoms with Crippen LogP contribution in [0.25, 0.3) is 0 Å². The van der Waals surface area contributed by atoms with Crippen LogP contribution in [0.4, 0.5) is 0 Å². The van der Waals surface area contributed by atoms with Gasteiger partial charge in [-0.1, -0.05) is 6.42 Å². The van der Waals surface area contributed by atoms with Crippen molar-refractivity contribution in [3.8, 4) is 0 Å². The van der Waals surface area contributed by atoms with E-state index >= 15 is 0 Å². The minimum Gasteiger partial charge on any atom is -0.480 e. The van der Waals surface area contributed by atoms with Gasteiger partial charge in [-0.15, -0.1) is 0 Å². The highest BCUT2D eigenvalue weighted by molar-refractivity contribution is 5.69. The topological polar surface area (TPSA) is 53.0 Å². The fourth-order valence-corrected chi connectivity index (χ4v) is 2.52. The number of carbonyl (C=O) groups is 1. The number of likely N-dealkylation sites (tertiary alicyclic amines) is 1. The van der Waals surface area contributed by atoms with E-state index in [4.69, 9.17) is 9.84 Å². The number of carboxylic acid groups (broad SMARTS) is 1. The van der Waals surface area contributed by atoms with Gasteiger partial charge < -0.3 is 14.7 Å². The molecule has 0 saturated carbocycles. The van der Waals surface area contributed by atoms with E-state index in [1.807, 2.05) is 4.90 Å². The Morgan fingerprint density at radius 2 is 2.22 bits per heavy atom. The molecule has 0 aliphatic carbocycles. The molecule has 0 aromatic rings. The number of hydrogen-bond donors (Lipinski definition) is 1. The molecule has 1 saturated heterocycles. The van der Waals surface area contributed by atoms with Crippen LogP contribution in [0.3, 0.4) is 0 Å². The second-order valence-electron chi connectivity index (χ2n) is 5.08. The first kappa shape index (κ1) is 15.4. The molecule has 5 nitrogen and oxygen atoms in total. The highest BCUT2D eigenvalue weighted by Gasteiger charge is 2.20. The molecule has 18 heavy (non-hydrogen) atoms. The van der Waals surface area contributed by atoms with E-state index in [2.05, 4.69) is 11.9 Å². The summed E-state index contributed by atoms with van der Waals surface area (Å²) in [6, 6.07) is 0.609. The highest BCUT2D eigenvalue weighted by atomic mass is 16.5. The van der Waals surface area contributed by atoms with Crippen LogP contribution >= 0.6 is 0 Å². The SMILES string of the molecule is COCCN(CCC1CCCCN1C)CC(=O)O. The molecule has 1 rings (SSSR count). The van der Waals surface area contributed by atoms with Gasteiger partial charge in [0.15, 0.2) is 0 Å². The molecule has 5 heteroatoms. The second-order valence-corrected chi connectivity index (χ2v) is 5.08. The normalized spacial score (nSPS) is 21.4. The second kappa shape index (κ2) is 8.45. The van der Waals surface area contributed by atoms with Crippen LogP contribution in [-0.4, -0.2) is 73.9 Å². The molecule has 1 unspecified atom stereocenters. The first-order valence-corrected chi connectivity index (χ1v) is 6.77. The average Bonchev–Trinajstić information content (AvgIpc) is 2.34. The van der Waals surface area contributed by atoms with Gasteiger partial charge >= 0.3 is 5.97 Å². The largest absolute Gasteiger partial charge is 0.480 e. The Labute approximate surface area is 110 Å². The Morgan fingerprint density at radius 3 is 2.83 bits per heavy atom. The number of aliphatic carboxylic acids is 1. The molecular weight excluding hydrogens is 232 g/mol. The molecule has 1 aliphatic heterocycles. The van der Waals surface area contributed by atoms with E-state index in [0.29, 0.717) is 19.2 Å². The van der Waals surface area contributed by atoms with Gasteiger partial charge in [0.05, 0.1) is 13.2 Å². The van der Waals surface area contributed by atoms with Crippen molar-refractivity contribution in [3.05, 3.63) is 0 Å². The van der Waals surface area contributed by atoms with Gasteiger partial charge in [0, 0.05) is 26.2 Å². The van der Waals surface area contributed by atoms with Crippen LogP contribution in [0.15, 0.2) is 0 Å². The summed E-state index contributed by atoms with van der Waals surface area (Å²) < 4.78 is 5.02. The Hall–Kier alpha value is -0.650. The fourth-order valence-electron chi connectivity index (χ4n) is 2.52. The van der Waals surface area contributed by atoms with Crippen molar-refractivity contribution < 1.29 is 14.6 Å². The maximum Gasteiger partial charge on any atom is 0.317 e. The number of rotatable bonds is 8. The van der Waals surface area contributed by atoms with Crippen molar-refractivity contribution in [3.63, 3.8) is 0 Å². The van der Waals surface area contributed by atoms with Gasteiger partial charge in [-0.3, -0.25) is 9.69 Å². The Kier molecular flexibility index (Phi) is 7.23. The molecule has 1 fully saturated rings. The molecule has 1 heterocycles. The van der Waals surface area contributed by atoms with Gasteiger partial charge in [-0.25, -0.2) is 0 Å². The minimum atomic E-state index is -0.761. The van der Waals surface area contributed by atoms with Crippen molar-refractivity contribution in [1.29, 1.82) is 0 Å². The summed E-state index contributed by atoms with van der Waals surface area (Å²) in [4.78, 5) is 15.2. The summed E-state index contributed by atoms with van der Waals surface area (Å²) in [5.74, 6) is -0.761. The third kappa shape index (κ3) is 5.80. The van der Waals surface area contributed by atoms with E-state index in [9.17, 15) is 4.79 Å². The van der Waals surface area contributed by atoms with Crippen LogP contribution in [0.5, 0.6) is 0 Å². The maximum atomic E-state index is 10.8. The molecule has 0 spiro atoms. The lowest BCUT2D eigenvalue weighted by Crippen LogP contribution is -2.40. The lowest BCUT2D eigenvalue weighted by molar-refractivity contribution is -0.138. The molecular formula is C13H26N2O3. The molecule has 1 N–H and O–H groups in total. The highest BCUT2D eigenvalue weighted by Crippen LogP contribution is 2.17. The number of ether oxygens (including phenoxy) is 1. The molecule has 0 aromatic heterocycles. The van der Waals surface area contributed by atoms with Crippen molar-refractivity contribution >= 4 is 5.97 Å². The molecule has 0 bridgehead atoms. The minimum absolute atomic E-state index is 0.111. The Bertz CT molecular complexity index is 248. The van der Waals surface area contributed by atoms with E-state index in [-0.39, 0.29) is 6.54 Å². The zero-order valence-corrected chi connectivity index (χ0v) is 11.6. The molecule has 106 valence electrons. The van der Waals surface area contributed by atoms with Crippen molar-refractivity contribution in [1.82, 2.24) is 9.80 Å². The van der Waals surface area contributed by atoms with E-state index in [0.717, 1.165) is 13.0 Å². The summed E-state index contributed by atoms with van der Waals surface area (Å²) in [6.45, 7) is 3.40. The first-order valence-electron chi connectivity index (χ1n) is 6.77. The fraction of sp³-hybridized carbons (Fsp3) is 0.923. The summed E-state index contributed by atoms with van der Waals surface area (Å²) in [7, 11) is 3.81. The smallest absolute Gasteiger partial charge is 0.317 e. The van der Waals surface area contributed by atoms with Crippen molar-refractivity contribution in [2.45, 2.75) is 31.7 Å². The van der Waals surface area contributed by atoms with Gasteiger partial charge in [0.2, 0.25) is 0 Å². The van der Waals surface area contributed by atoms with Crippen LogP contribution in [0.2, 0.25) is 0 Å². The summed E-state index contributed by atoms with van der Waals surface area (Å²) >= 11 is 0. The summed E-state index contributed by atoms with van der Waals surface area (Å²) in [5.41, 5.74) is 0. The Balaban J connectivity index is 2.32. The van der Waals surface area contributed by atoms with Crippen LogP contribution in [0.1, 0.15) is 25.7 Å².